The van der Waals surface area contributed by atoms with Gasteiger partial charge in [-0.05, 0) is 25.5 Å². The monoisotopic (exact) mass is 213 g/mol. The number of aliphatic hydroxyl groups excluding tert-OH is 1. The van der Waals surface area contributed by atoms with Gasteiger partial charge in [-0.3, -0.25) is 4.68 Å². The van der Waals surface area contributed by atoms with Crippen LogP contribution >= 0.6 is 0 Å². The lowest BCUT2D eigenvalue weighted by Crippen LogP contribution is -2.41. The number of aromatic nitrogens is 2. The van der Waals surface area contributed by atoms with Crippen LogP contribution in [0.15, 0.2) is 12.4 Å². The van der Waals surface area contributed by atoms with Crippen LogP contribution in [0.2, 0.25) is 0 Å². The fourth-order valence-corrected chi connectivity index (χ4v) is 1.25. The van der Waals surface area contributed by atoms with E-state index in [9.17, 15) is 5.11 Å². The molecule has 15 heavy (non-hydrogen) atoms. The third kappa shape index (κ3) is 4.42. The van der Waals surface area contributed by atoms with Gasteiger partial charge in [0.1, 0.15) is 0 Å². The van der Waals surface area contributed by atoms with E-state index < -0.39 is 5.60 Å². The largest absolute Gasteiger partial charge is 0.393 e. The topological polar surface area (TPSA) is 70.3 Å². The average molecular weight is 213 g/mol. The molecule has 0 amide bonds. The van der Waals surface area contributed by atoms with Gasteiger partial charge in [0, 0.05) is 19.8 Å². The second-order valence-electron chi connectivity index (χ2n) is 4.10. The van der Waals surface area contributed by atoms with E-state index in [1.165, 1.54) is 0 Å². The maximum atomic E-state index is 9.50. The summed E-state index contributed by atoms with van der Waals surface area (Å²) >= 11 is 0. The van der Waals surface area contributed by atoms with Gasteiger partial charge in [0.2, 0.25) is 0 Å². The first-order chi connectivity index (χ1) is 7.03. The molecule has 1 heterocycles. The van der Waals surface area contributed by atoms with Crippen molar-refractivity contribution in [3.05, 3.63) is 18.0 Å². The predicted octanol–water partition coefficient (Wildman–Crippen LogP) is -0.704. The Morgan fingerprint density at radius 2 is 2.33 bits per heavy atom. The SMILES string of the molecule is Cn1cc(CCNCC(C)(O)CO)cn1. The molecule has 1 atom stereocenters. The smallest absolute Gasteiger partial charge is 0.0972 e. The molecule has 1 rings (SSSR count). The quantitative estimate of drug-likeness (QED) is 0.546. The van der Waals surface area contributed by atoms with Gasteiger partial charge in [0.05, 0.1) is 18.4 Å². The van der Waals surface area contributed by atoms with Crippen LogP contribution in [0.25, 0.3) is 0 Å². The molecule has 5 heteroatoms. The highest BCUT2D eigenvalue weighted by Crippen LogP contribution is 1.99. The minimum atomic E-state index is -1.03. The zero-order valence-corrected chi connectivity index (χ0v) is 9.27. The van der Waals surface area contributed by atoms with Crippen molar-refractivity contribution in [3.63, 3.8) is 0 Å². The molecule has 1 unspecified atom stereocenters. The maximum Gasteiger partial charge on any atom is 0.0972 e. The molecule has 0 aromatic carbocycles. The number of nitrogens with one attached hydrogen (secondary N) is 1. The number of hydrogen-bond donors (Lipinski definition) is 3. The zero-order valence-electron chi connectivity index (χ0n) is 9.27. The fraction of sp³-hybridized carbons (Fsp3) is 0.700. The molecular formula is C10H19N3O2. The van der Waals surface area contributed by atoms with E-state index in [-0.39, 0.29) is 6.61 Å². The van der Waals surface area contributed by atoms with Gasteiger partial charge in [-0.2, -0.15) is 5.10 Å². The molecule has 0 saturated carbocycles. The lowest BCUT2D eigenvalue weighted by atomic mass is 10.1. The highest BCUT2D eigenvalue weighted by molar-refractivity contribution is 5.03. The van der Waals surface area contributed by atoms with Crippen molar-refractivity contribution in [2.75, 3.05) is 19.7 Å². The van der Waals surface area contributed by atoms with Crippen molar-refractivity contribution in [3.8, 4) is 0 Å². The summed E-state index contributed by atoms with van der Waals surface area (Å²) in [6, 6.07) is 0. The van der Waals surface area contributed by atoms with E-state index in [2.05, 4.69) is 10.4 Å². The Morgan fingerprint density at radius 1 is 1.60 bits per heavy atom. The first-order valence-corrected chi connectivity index (χ1v) is 5.05. The normalized spacial score (nSPS) is 15.2. The first-order valence-electron chi connectivity index (χ1n) is 5.05. The summed E-state index contributed by atoms with van der Waals surface area (Å²) in [5, 5.41) is 25.5. The van der Waals surface area contributed by atoms with E-state index in [0.717, 1.165) is 18.5 Å². The molecule has 0 aliphatic rings. The van der Waals surface area contributed by atoms with Crippen molar-refractivity contribution in [2.24, 2.45) is 7.05 Å². The number of hydrogen-bond acceptors (Lipinski definition) is 4. The number of nitrogens with zero attached hydrogens (tertiary/aromatic N) is 2. The Kier molecular flexibility index (Phi) is 4.26. The van der Waals surface area contributed by atoms with Gasteiger partial charge in [0.15, 0.2) is 0 Å². The zero-order chi connectivity index (χ0) is 11.3. The second-order valence-corrected chi connectivity index (χ2v) is 4.10. The predicted molar refractivity (Wildman–Crippen MR) is 57.5 cm³/mol. The molecule has 5 nitrogen and oxygen atoms in total. The minimum absolute atomic E-state index is 0.229. The fourth-order valence-electron chi connectivity index (χ4n) is 1.25. The standard InChI is InChI=1S/C10H19N3O2/c1-10(15,8-14)7-11-4-3-9-5-12-13(2)6-9/h5-6,11,14-15H,3-4,7-8H2,1-2H3. The third-order valence-electron chi connectivity index (χ3n) is 2.20. The summed E-state index contributed by atoms with van der Waals surface area (Å²) in [6.07, 6.45) is 4.66. The molecule has 0 aliphatic heterocycles. The van der Waals surface area contributed by atoms with Crippen LogP contribution < -0.4 is 5.32 Å². The van der Waals surface area contributed by atoms with Gasteiger partial charge >= 0.3 is 0 Å². The lowest BCUT2D eigenvalue weighted by molar-refractivity contribution is 0.00299. The molecule has 0 bridgehead atoms. The summed E-state index contributed by atoms with van der Waals surface area (Å²) in [4.78, 5) is 0. The van der Waals surface area contributed by atoms with Crippen molar-refractivity contribution in [1.82, 2.24) is 15.1 Å². The van der Waals surface area contributed by atoms with Gasteiger partial charge in [-0.15, -0.1) is 0 Å². The maximum absolute atomic E-state index is 9.50. The van der Waals surface area contributed by atoms with Gasteiger partial charge in [-0.25, -0.2) is 0 Å². The molecule has 0 saturated heterocycles. The van der Waals surface area contributed by atoms with Crippen molar-refractivity contribution in [1.29, 1.82) is 0 Å². The molecule has 0 fully saturated rings. The van der Waals surface area contributed by atoms with E-state index in [1.807, 2.05) is 19.4 Å². The molecular weight excluding hydrogens is 194 g/mol. The Morgan fingerprint density at radius 3 is 2.87 bits per heavy atom. The van der Waals surface area contributed by atoms with Gasteiger partial charge < -0.3 is 15.5 Å². The van der Waals surface area contributed by atoms with Crippen molar-refractivity contribution < 1.29 is 10.2 Å². The summed E-state index contributed by atoms with van der Waals surface area (Å²) in [7, 11) is 1.88. The van der Waals surface area contributed by atoms with Crippen LogP contribution in [-0.4, -0.2) is 45.3 Å². The highest BCUT2D eigenvalue weighted by atomic mass is 16.3. The van der Waals surface area contributed by atoms with E-state index in [0.29, 0.717) is 6.54 Å². The summed E-state index contributed by atoms with van der Waals surface area (Å²) in [5.41, 5.74) is 0.128. The average Bonchev–Trinajstić information content (AvgIpc) is 2.59. The number of rotatable bonds is 6. The van der Waals surface area contributed by atoms with Crippen LogP contribution in [0.3, 0.4) is 0 Å². The first kappa shape index (κ1) is 12.2. The number of aryl methyl sites for hydroxylation is 1. The van der Waals surface area contributed by atoms with Crippen LogP contribution in [0.1, 0.15) is 12.5 Å². The second kappa shape index (κ2) is 5.25. The molecule has 0 aliphatic carbocycles. The van der Waals surface area contributed by atoms with Crippen molar-refractivity contribution >= 4 is 0 Å². The number of aliphatic hydroxyl groups is 2. The Labute approximate surface area is 89.7 Å². The Bertz CT molecular complexity index is 297. The van der Waals surface area contributed by atoms with Crippen LogP contribution in [0.5, 0.6) is 0 Å². The Balaban J connectivity index is 2.17. The summed E-state index contributed by atoms with van der Waals surface area (Å²) in [5.74, 6) is 0. The summed E-state index contributed by atoms with van der Waals surface area (Å²) < 4.78 is 1.76. The van der Waals surface area contributed by atoms with Crippen LogP contribution in [0.4, 0.5) is 0 Å². The van der Waals surface area contributed by atoms with E-state index in [4.69, 9.17) is 5.11 Å². The molecule has 3 N–H and O–H groups in total. The van der Waals surface area contributed by atoms with Gasteiger partial charge in [-0.1, -0.05) is 0 Å². The van der Waals surface area contributed by atoms with Crippen LogP contribution in [0, 0.1) is 0 Å². The molecule has 0 spiro atoms. The van der Waals surface area contributed by atoms with E-state index in [1.54, 1.807) is 11.6 Å². The van der Waals surface area contributed by atoms with E-state index >= 15 is 0 Å². The van der Waals surface area contributed by atoms with Crippen molar-refractivity contribution in [2.45, 2.75) is 18.9 Å². The molecule has 86 valence electrons. The molecule has 0 radical (unpaired) electrons. The Hall–Kier alpha value is -0.910. The lowest BCUT2D eigenvalue weighted by Gasteiger charge is -2.20. The van der Waals surface area contributed by atoms with Crippen LogP contribution in [-0.2, 0) is 13.5 Å². The minimum Gasteiger partial charge on any atom is -0.393 e. The summed E-state index contributed by atoms with van der Waals surface area (Å²) in [6.45, 7) is 2.53. The van der Waals surface area contributed by atoms with Gasteiger partial charge in [0.25, 0.3) is 0 Å². The molecule has 1 aromatic rings. The highest BCUT2D eigenvalue weighted by Gasteiger charge is 2.17. The third-order valence-corrected chi connectivity index (χ3v) is 2.20. The molecule has 1 aromatic heterocycles.